The van der Waals surface area contributed by atoms with Crippen LogP contribution in [0.15, 0.2) is 103 Å². The number of ether oxygens (including phenoxy) is 4. The van der Waals surface area contributed by atoms with Crippen molar-refractivity contribution in [2.45, 2.75) is 85.1 Å². The molecule has 4 aliphatic heterocycles. The molecule has 15 N–H and O–H groups in total. The Kier molecular flexibility index (Phi) is 13.1. The molecule has 19 heteroatoms. The Morgan fingerprint density at radius 3 is 1.29 bits per heavy atom. The van der Waals surface area contributed by atoms with Gasteiger partial charge in [-0.25, -0.2) is 0 Å². The third-order valence-corrected chi connectivity index (χ3v) is 14.2. The summed E-state index contributed by atoms with van der Waals surface area (Å²) in [5.41, 5.74) is 2.59. The van der Waals surface area contributed by atoms with Crippen molar-refractivity contribution in [1.29, 1.82) is 0 Å². The first-order chi connectivity index (χ1) is 35.0. The molecule has 19 nitrogen and oxygen atoms in total. The summed E-state index contributed by atoms with van der Waals surface area (Å²) in [4.78, 5) is 0. The number of hydrogen-bond donors (Lipinski definition) is 15. The largest absolute Gasteiger partial charge is 0.508 e. The van der Waals surface area contributed by atoms with Crippen molar-refractivity contribution in [3.63, 3.8) is 0 Å². The quantitative estimate of drug-likeness (QED) is 0.0875. The van der Waals surface area contributed by atoms with Crippen molar-refractivity contribution >= 4 is 12.2 Å². The van der Waals surface area contributed by atoms with Gasteiger partial charge in [0.15, 0.2) is 0 Å². The van der Waals surface area contributed by atoms with Crippen molar-refractivity contribution in [2.24, 2.45) is 0 Å². The highest BCUT2D eigenvalue weighted by Crippen LogP contribution is 2.59. The normalized spacial score (nSPS) is 29.6. The molecule has 0 radical (unpaired) electrons. The zero-order chi connectivity index (χ0) is 51.7. The molecule has 0 unspecified atom stereocenters. The molecule has 0 bridgehead atoms. The molecular weight excluding hydrogens is 953 g/mol. The van der Waals surface area contributed by atoms with Gasteiger partial charge in [0.05, 0.1) is 30.6 Å². The van der Waals surface area contributed by atoms with Crippen molar-refractivity contribution in [2.75, 3.05) is 13.2 Å². The maximum atomic E-state index is 12.1. The summed E-state index contributed by atoms with van der Waals surface area (Å²) in [5.74, 6) is -3.77. The van der Waals surface area contributed by atoms with Gasteiger partial charge in [-0.3, -0.25) is 0 Å². The van der Waals surface area contributed by atoms with Gasteiger partial charge in [0, 0.05) is 23.3 Å². The maximum absolute atomic E-state index is 12.1. The maximum Gasteiger partial charge on any atom is 0.135 e. The lowest BCUT2D eigenvalue weighted by atomic mass is 9.78. The molecule has 2 saturated heterocycles. The van der Waals surface area contributed by atoms with Crippen LogP contribution in [0, 0.1) is 0 Å². The second-order valence-corrected chi connectivity index (χ2v) is 18.7. The summed E-state index contributed by atoms with van der Waals surface area (Å²) >= 11 is 0. The summed E-state index contributed by atoms with van der Waals surface area (Å²) in [7, 11) is 0. The average molecular weight is 1000 g/mol. The average Bonchev–Trinajstić information content (AvgIpc) is 3.95. The Morgan fingerprint density at radius 1 is 0.370 bits per heavy atom. The molecule has 73 heavy (non-hydrogen) atoms. The second kappa shape index (κ2) is 19.4. The third-order valence-electron chi connectivity index (χ3n) is 14.2. The fourth-order valence-electron chi connectivity index (χ4n) is 10.8. The van der Waals surface area contributed by atoms with E-state index in [1.165, 1.54) is 54.6 Å². The fraction of sp³-hybridized carbons (Fsp3) is 0.296. The zero-order valence-corrected chi connectivity index (χ0v) is 38.3. The van der Waals surface area contributed by atoms with Gasteiger partial charge >= 0.3 is 0 Å². The van der Waals surface area contributed by atoms with Crippen LogP contribution in [0.3, 0.4) is 0 Å². The van der Waals surface area contributed by atoms with Crippen LogP contribution in [-0.2, 0) is 9.47 Å². The lowest BCUT2D eigenvalue weighted by Gasteiger charge is -2.41. The molecular formula is C54H52O19. The molecule has 2 fully saturated rings. The first-order valence-electron chi connectivity index (χ1n) is 23.3. The van der Waals surface area contributed by atoms with Gasteiger partial charge < -0.3 is 95.5 Å². The van der Waals surface area contributed by atoms with Gasteiger partial charge in [0.1, 0.15) is 125 Å². The fourth-order valence-corrected chi connectivity index (χ4v) is 10.8. The number of rotatable bonds is 10. The van der Waals surface area contributed by atoms with E-state index in [-0.39, 0.29) is 79.4 Å². The number of phenolic OH excluding ortho intramolecular Hbond substituents is 7. The predicted octanol–water partition coefficient (Wildman–Crippen LogP) is 3.36. The Hall–Kier alpha value is -7.14. The Labute approximate surface area is 415 Å². The van der Waals surface area contributed by atoms with Crippen LogP contribution in [0.25, 0.3) is 12.2 Å². The van der Waals surface area contributed by atoms with Crippen LogP contribution < -0.4 is 9.47 Å². The smallest absolute Gasteiger partial charge is 0.135 e. The van der Waals surface area contributed by atoms with E-state index in [2.05, 4.69) is 0 Å². The molecule has 6 aromatic rings. The number of benzene rings is 6. The Morgan fingerprint density at radius 2 is 0.808 bits per heavy atom. The predicted molar refractivity (Wildman–Crippen MR) is 255 cm³/mol. The van der Waals surface area contributed by atoms with Gasteiger partial charge in [-0.05, 0) is 99.6 Å². The first kappa shape index (κ1) is 49.4. The topological polar surface area (TPSA) is 340 Å². The van der Waals surface area contributed by atoms with Gasteiger partial charge in [-0.15, -0.1) is 0 Å². The lowest BCUT2D eigenvalue weighted by molar-refractivity contribution is -0.232. The molecule has 382 valence electrons. The number of phenols is 7. The molecule has 0 aliphatic carbocycles. The van der Waals surface area contributed by atoms with Crippen LogP contribution >= 0.6 is 0 Å². The van der Waals surface area contributed by atoms with Gasteiger partial charge in [0.25, 0.3) is 0 Å². The second-order valence-electron chi connectivity index (χ2n) is 18.7. The third kappa shape index (κ3) is 8.78. The number of aliphatic hydroxyl groups is 8. The molecule has 6 aromatic carbocycles. The SMILES string of the molecule is OC[C@H]1O[C@@H](c2c(O)cc(/C=C/c3ccc4c(c3[C@@H]3O[C@H](CO)[C@@H](O)[C@H](O)[C@H]3O)[C@H](c3cc(O)cc(O)c3)[C@@H](c3ccc(O)cc3)O4)c3c2O[C@@H](c2ccc(O)cc2)[C@@H]3c2cc(O)cc(O)c2)[C@H](O)[C@@H](O)[C@@H]1O. The van der Waals surface area contributed by atoms with Crippen molar-refractivity contribution in [1.82, 2.24) is 0 Å². The minimum absolute atomic E-state index is 0.0399. The summed E-state index contributed by atoms with van der Waals surface area (Å²) in [6.45, 7) is -1.57. The highest BCUT2D eigenvalue weighted by molar-refractivity contribution is 5.79. The van der Waals surface area contributed by atoms with Crippen molar-refractivity contribution < 1.29 is 95.5 Å². The minimum Gasteiger partial charge on any atom is -0.508 e. The first-order valence-corrected chi connectivity index (χ1v) is 23.3. The van der Waals surface area contributed by atoms with Crippen LogP contribution in [0.4, 0.5) is 0 Å². The van der Waals surface area contributed by atoms with Gasteiger partial charge in [-0.2, -0.15) is 0 Å². The molecule has 0 spiro atoms. The van der Waals surface area contributed by atoms with Gasteiger partial charge in [0.2, 0.25) is 0 Å². The number of fused-ring (bicyclic) bond motifs is 2. The molecule has 0 aromatic heterocycles. The molecule has 4 aliphatic rings. The summed E-state index contributed by atoms with van der Waals surface area (Å²) in [6, 6.07) is 24.4. The van der Waals surface area contributed by atoms with Crippen LogP contribution in [0.5, 0.6) is 51.7 Å². The van der Waals surface area contributed by atoms with E-state index in [1.807, 2.05) is 0 Å². The Bertz CT molecular complexity index is 3010. The summed E-state index contributed by atoms with van der Waals surface area (Å²) in [6.07, 6.45) is -15.8. The minimum atomic E-state index is -1.89. The molecule has 4 heterocycles. The van der Waals surface area contributed by atoms with E-state index >= 15 is 0 Å². The number of aromatic hydroxyl groups is 7. The van der Waals surface area contributed by atoms with E-state index in [1.54, 1.807) is 48.6 Å². The highest BCUT2D eigenvalue weighted by atomic mass is 16.6. The number of aliphatic hydroxyl groups excluding tert-OH is 8. The van der Waals surface area contributed by atoms with Gasteiger partial charge in [-0.1, -0.05) is 42.5 Å². The van der Waals surface area contributed by atoms with E-state index < -0.39 is 104 Å². The summed E-state index contributed by atoms with van der Waals surface area (Å²) in [5, 5.41) is 164. The monoisotopic (exact) mass is 1000 g/mol. The van der Waals surface area contributed by atoms with Crippen molar-refractivity contribution in [3.8, 4) is 51.7 Å². The zero-order valence-electron chi connectivity index (χ0n) is 38.3. The lowest BCUT2D eigenvalue weighted by Crippen LogP contribution is -2.55. The van der Waals surface area contributed by atoms with Crippen molar-refractivity contribution in [3.05, 3.63) is 159 Å². The van der Waals surface area contributed by atoms with E-state index in [0.717, 1.165) is 12.1 Å². The van der Waals surface area contributed by atoms with E-state index in [9.17, 15) is 76.6 Å². The highest BCUT2D eigenvalue weighted by Gasteiger charge is 2.51. The van der Waals surface area contributed by atoms with Crippen LogP contribution in [-0.4, -0.2) is 139 Å². The summed E-state index contributed by atoms with van der Waals surface area (Å²) < 4.78 is 25.6. The van der Waals surface area contributed by atoms with Crippen LogP contribution in [0.2, 0.25) is 0 Å². The van der Waals surface area contributed by atoms with Crippen LogP contribution in [0.1, 0.15) is 91.9 Å². The van der Waals surface area contributed by atoms with E-state index in [4.69, 9.17) is 18.9 Å². The molecule has 10 rings (SSSR count). The molecule has 0 amide bonds. The Balaban J connectivity index is 1.22. The standard InChI is InChI=1S/C54H52O19/c55-20-36-44(64)46(66)48(68)53(71-36)38-22(7-12-35-43(38)41(27-15-32(61)19-33(62)16-27)50(70-35)23-3-8-28(57)9-4-23)1-2-25-17-34(63)42(54-49(69)47(67)45(65)37(21-56)72-54)52-39(25)40(26-13-30(59)18-31(60)14-26)51(73-52)24-5-10-29(58)11-6-24/h1-19,36-37,40-41,44-51,53-69H,20-21H2/b2-1+/t36-,37-,40-,41+,44-,45-,46+,47+,48-,49-,50-,51+,53+,54+/m1/s1. The molecule has 0 saturated carbocycles. The number of hydrogen-bond acceptors (Lipinski definition) is 19. The molecule has 14 atom stereocenters. The van der Waals surface area contributed by atoms with E-state index in [0.29, 0.717) is 22.3 Å².